The number of piperidine rings is 2. The van der Waals surface area contributed by atoms with Gasteiger partial charge in [-0.1, -0.05) is 37.6 Å². The Kier molecular flexibility index (Phi) is 6.41. The molecule has 1 saturated carbocycles. The molecule has 2 unspecified atom stereocenters. The highest BCUT2D eigenvalue weighted by Gasteiger charge is 2.38. The lowest BCUT2D eigenvalue weighted by Gasteiger charge is -2.43. The van der Waals surface area contributed by atoms with Gasteiger partial charge in [-0.25, -0.2) is 0 Å². The molecule has 4 heteroatoms. The molecule has 0 amide bonds. The van der Waals surface area contributed by atoms with Crippen molar-refractivity contribution in [2.45, 2.75) is 69.6 Å². The SMILES string of the molecule is CNCC1(c2ccc(C(O)N3CCC(N4CCCC(C)C4)CC3)cc2)CCC1. The fourth-order valence-electron chi connectivity index (χ4n) is 5.78. The van der Waals surface area contributed by atoms with Gasteiger partial charge in [-0.15, -0.1) is 0 Å². The summed E-state index contributed by atoms with van der Waals surface area (Å²) in [6.45, 7) is 7.98. The highest BCUT2D eigenvalue weighted by atomic mass is 16.3. The molecule has 0 bridgehead atoms. The first-order valence-electron chi connectivity index (χ1n) is 11.5. The van der Waals surface area contributed by atoms with Crippen LogP contribution in [0.5, 0.6) is 0 Å². The molecule has 28 heavy (non-hydrogen) atoms. The molecule has 3 fully saturated rings. The lowest BCUT2D eigenvalue weighted by atomic mass is 9.64. The van der Waals surface area contributed by atoms with Crippen LogP contribution < -0.4 is 5.32 Å². The molecular weight excluding hydrogens is 346 g/mol. The van der Waals surface area contributed by atoms with Gasteiger partial charge in [0, 0.05) is 37.6 Å². The van der Waals surface area contributed by atoms with E-state index in [1.54, 1.807) is 0 Å². The van der Waals surface area contributed by atoms with Gasteiger partial charge in [-0.05, 0) is 69.2 Å². The quantitative estimate of drug-likeness (QED) is 0.786. The Morgan fingerprint density at radius 1 is 1.07 bits per heavy atom. The smallest absolute Gasteiger partial charge is 0.133 e. The molecule has 4 nitrogen and oxygen atoms in total. The average molecular weight is 386 g/mol. The molecule has 4 rings (SSSR count). The van der Waals surface area contributed by atoms with Gasteiger partial charge in [0.2, 0.25) is 0 Å². The van der Waals surface area contributed by atoms with E-state index in [-0.39, 0.29) is 0 Å². The number of aliphatic hydroxyl groups is 1. The number of nitrogens with one attached hydrogen (secondary N) is 1. The maximum atomic E-state index is 11.0. The van der Waals surface area contributed by atoms with Crippen LogP contribution in [0.4, 0.5) is 0 Å². The third-order valence-corrected chi connectivity index (χ3v) is 7.70. The Balaban J connectivity index is 1.33. The number of likely N-dealkylation sites (tertiary alicyclic amines) is 2. The Bertz CT molecular complexity index is 619. The van der Waals surface area contributed by atoms with Crippen LogP contribution in [0.1, 0.15) is 69.2 Å². The van der Waals surface area contributed by atoms with E-state index in [1.165, 1.54) is 63.6 Å². The van der Waals surface area contributed by atoms with E-state index in [9.17, 15) is 5.11 Å². The number of hydrogen-bond acceptors (Lipinski definition) is 4. The van der Waals surface area contributed by atoms with Gasteiger partial charge in [0.15, 0.2) is 0 Å². The van der Waals surface area contributed by atoms with Gasteiger partial charge >= 0.3 is 0 Å². The van der Waals surface area contributed by atoms with Crippen molar-refractivity contribution in [2.24, 2.45) is 5.92 Å². The molecule has 3 aliphatic rings. The summed E-state index contributed by atoms with van der Waals surface area (Å²) in [5, 5.41) is 14.3. The molecular formula is C24H39N3O. The summed E-state index contributed by atoms with van der Waals surface area (Å²) >= 11 is 0. The zero-order valence-electron chi connectivity index (χ0n) is 17.9. The first-order chi connectivity index (χ1) is 13.6. The van der Waals surface area contributed by atoms with E-state index in [0.717, 1.165) is 31.1 Å². The van der Waals surface area contributed by atoms with Crippen LogP contribution in [0.2, 0.25) is 0 Å². The molecule has 2 heterocycles. The number of benzene rings is 1. The van der Waals surface area contributed by atoms with Crippen LogP contribution in [0, 0.1) is 5.92 Å². The summed E-state index contributed by atoms with van der Waals surface area (Å²) in [7, 11) is 2.05. The van der Waals surface area contributed by atoms with Gasteiger partial charge in [0.25, 0.3) is 0 Å². The number of aliphatic hydroxyl groups excluding tert-OH is 1. The topological polar surface area (TPSA) is 38.7 Å². The van der Waals surface area contributed by atoms with Crippen LogP contribution in [-0.2, 0) is 5.41 Å². The predicted octanol–water partition coefficient (Wildman–Crippen LogP) is 3.51. The molecule has 1 aromatic rings. The summed E-state index contributed by atoms with van der Waals surface area (Å²) in [6.07, 6.45) is 8.54. The van der Waals surface area contributed by atoms with E-state index in [0.29, 0.717) is 11.5 Å². The standard InChI is InChI=1S/C24H39N3O/c1-19-5-3-14-27(17-19)22-10-15-26(16-11-22)23(28)20-6-8-21(9-7-20)24(18-25-2)12-4-13-24/h6-9,19,22-23,25,28H,3-5,10-18H2,1-2H3. The lowest BCUT2D eigenvalue weighted by Crippen LogP contribution is -2.48. The third-order valence-electron chi connectivity index (χ3n) is 7.70. The van der Waals surface area contributed by atoms with Crippen molar-refractivity contribution in [2.75, 3.05) is 39.8 Å². The highest BCUT2D eigenvalue weighted by Crippen LogP contribution is 2.43. The molecule has 2 saturated heterocycles. The molecule has 0 radical (unpaired) electrons. The highest BCUT2D eigenvalue weighted by molar-refractivity contribution is 5.32. The average Bonchev–Trinajstić information content (AvgIpc) is 2.70. The van der Waals surface area contributed by atoms with Gasteiger partial charge in [-0.2, -0.15) is 0 Å². The van der Waals surface area contributed by atoms with Crippen molar-refractivity contribution in [3.63, 3.8) is 0 Å². The molecule has 1 aromatic carbocycles. The summed E-state index contributed by atoms with van der Waals surface area (Å²) in [5.74, 6) is 0.845. The zero-order valence-corrected chi connectivity index (χ0v) is 17.9. The largest absolute Gasteiger partial charge is 0.374 e. The summed E-state index contributed by atoms with van der Waals surface area (Å²) < 4.78 is 0. The molecule has 0 aromatic heterocycles. The Morgan fingerprint density at radius 3 is 2.36 bits per heavy atom. The van der Waals surface area contributed by atoms with Crippen molar-refractivity contribution < 1.29 is 5.11 Å². The van der Waals surface area contributed by atoms with Crippen LogP contribution >= 0.6 is 0 Å². The van der Waals surface area contributed by atoms with Crippen molar-refractivity contribution in [1.29, 1.82) is 0 Å². The van der Waals surface area contributed by atoms with Crippen molar-refractivity contribution in [1.82, 2.24) is 15.1 Å². The third kappa shape index (κ3) is 4.16. The Labute approximate surface area is 171 Å². The van der Waals surface area contributed by atoms with E-state index >= 15 is 0 Å². The monoisotopic (exact) mass is 385 g/mol. The molecule has 2 atom stereocenters. The second kappa shape index (κ2) is 8.83. The minimum Gasteiger partial charge on any atom is -0.374 e. The van der Waals surface area contributed by atoms with Crippen LogP contribution in [-0.4, -0.2) is 60.7 Å². The number of rotatable bonds is 6. The molecule has 156 valence electrons. The number of hydrogen-bond donors (Lipinski definition) is 2. The summed E-state index contributed by atoms with van der Waals surface area (Å²) in [4.78, 5) is 4.98. The molecule has 2 aliphatic heterocycles. The number of nitrogens with zero attached hydrogens (tertiary/aromatic N) is 2. The lowest BCUT2D eigenvalue weighted by molar-refractivity contribution is -0.0303. The van der Waals surface area contributed by atoms with Gasteiger partial charge in [-0.3, -0.25) is 4.90 Å². The maximum absolute atomic E-state index is 11.0. The van der Waals surface area contributed by atoms with Crippen LogP contribution in [0.15, 0.2) is 24.3 Å². The number of likely N-dealkylation sites (N-methyl/N-ethyl adjacent to an activating group) is 1. The van der Waals surface area contributed by atoms with Crippen molar-refractivity contribution >= 4 is 0 Å². The van der Waals surface area contributed by atoms with E-state index in [4.69, 9.17) is 0 Å². The van der Waals surface area contributed by atoms with Crippen molar-refractivity contribution in [3.8, 4) is 0 Å². The predicted molar refractivity (Wildman–Crippen MR) is 115 cm³/mol. The van der Waals surface area contributed by atoms with Crippen molar-refractivity contribution in [3.05, 3.63) is 35.4 Å². The first kappa shape index (κ1) is 20.3. The van der Waals surface area contributed by atoms with Gasteiger partial charge in [0.05, 0.1) is 0 Å². The zero-order chi connectivity index (χ0) is 19.6. The van der Waals surface area contributed by atoms with Crippen LogP contribution in [0.25, 0.3) is 0 Å². The summed E-state index contributed by atoms with van der Waals surface area (Å²) in [5.41, 5.74) is 2.80. The second-order valence-corrected chi connectivity index (χ2v) is 9.67. The Morgan fingerprint density at radius 2 is 1.79 bits per heavy atom. The summed E-state index contributed by atoms with van der Waals surface area (Å²) in [6, 6.07) is 9.56. The van der Waals surface area contributed by atoms with Gasteiger partial charge in [0.1, 0.15) is 6.23 Å². The molecule has 1 aliphatic carbocycles. The second-order valence-electron chi connectivity index (χ2n) is 9.67. The Hall–Kier alpha value is -0.940. The minimum atomic E-state index is -0.461. The molecule has 2 N–H and O–H groups in total. The first-order valence-corrected chi connectivity index (χ1v) is 11.5. The minimum absolute atomic E-state index is 0.322. The fraction of sp³-hybridized carbons (Fsp3) is 0.750. The van der Waals surface area contributed by atoms with Gasteiger partial charge < -0.3 is 15.3 Å². The van der Waals surface area contributed by atoms with E-state index < -0.39 is 6.23 Å². The normalized spacial score (nSPS) is 28.0. The fourth-order valence-corrected chi connectivity index (χ4v) is 5.78. The van der Waals surface area contributed by atoms with E-state index in [2.05, 4.69) is 46.3 Å². The maximum Gasteiger partial charge on any atom is 0.133 e. The molecule has 0 spiro atoms. The van der Waals surface area contributed by atoms with Crippen LogP contribution in [0.3, 0.4) is 0 Å². The van der Waals surface area contributed by atoms with E-state index in [1.807, 2.05) is 7.05 Å².